The molecular formula is C27H27NO5. The minimum absolute atomic E-state index is 0.231. The quantitative estimate of drug-likeness (QED) is 0.278. The summed E-state index contributed by atoms with van der Waals surface area (Å²) in [6.07, 6.45) is 2.96. The minimum atomic E-state index is -0.532. The lowest BCUT2D eigenvalue weighted by Crippen LogP contribution is -2.13. The van der Waals surface area contributed by atoms with Crippen LogP contribution in [0.25, 0.3) is 6.08 Å². The SMILES string of the molecule is CCOc1ccc(/C=C/C(=O)Oc2ccc(C(=O)Nc3cc(C)ccc3C)cc2)cc1OC. The summed E-state index contributed by atoms with van der Waals surface area (Å²) in [5, 5.41) is 2.91. The molecule has 0 radical (unpaired) electrons. The number of benzene rings is 3. The average Bonchev–Trinajstić information content (AvgIpc) is 2.81. The maximum Gasteiger partial charge on any atom is 0.336 e. The molecule has 0 spiro atoms. The third kappa shape index (κ3) is 6.46. The highest BCUT2D eigenvalue weighted by Crippen LogP contribution is 2.28. The van der Waals surface area contributed by atoms with E-state index in [1.165, 1.54) is 6.08 Å². The van der Waals surface area contributed by atoms with Gasteiger partial charge in [-0.1, -0.05) is 18.2 Å². The summed E-state index contributed by atoms with van der Waals surface area (Å²) in [4.78, 5) is 24.7. The number of esters is 1. The number of carbonyl (C=O) groups excluding carboxylic acids is 2. The summed E-state index contributed by atoms with van der Waals surface area (Å²) < 4.78 is 16.1. The van der Waals surface area contributed by atoms with Gasteiger partial charge < -0.3 is 19.5 Å². The zero-order chi connectivity index (χ0) is 23.8. The summed E-state index contributed by atoms with van der Waals surface area (Å²) in [5.74, 6) is 0.807. The molecule has 170 valence electrons. The second kappa shape index (κ2) is 11.0. The van der Waals surface area contributed by atoms with Crippen LogP contribution in [-0.4, -0.2) is 25.6 Å². The number of anilines is 1. The van der Waals surface area contributed by atoms with Gasteiger partial charge in [0.25, 0.3) is 5.91 Å². The maximum absolute atomic E-state index is 12.5. The van der Waals surface area contributed by atoms with Gasteiger partial charge in [-0.05, 0) is 86.0 Å². The molecule has 33 heavy (non-hydrogen) atoms. The van der Waals surface area contributed by atoms with Crippen LogP contribution in [0.2, 0.25) is 0 Å². The topological polar surface area (TPSA) is 73.9 Å². The molecule has 0 aliphatic carbocycles. The molecule has 1 amide bonds. The summed E-state index contributed by atoms with van der Waals surface area (Å²) >= 11 is 0. The number of hydrogen-bond donors (Lipinski definition) is 1. The fourth-order valence-electron chi connectivity index (χ4n) is 3.12. The molecule has 0 fully saturated rings. The van der Waals surface area contributed by atoms with E-state index in [2.05, 4.69) is 5.32 Å². The first-order valence-corrected chi connectivity index (χ1v) is 10.6. The van der Waals surface area contributed by atoms with Crippen molar-refractivity contribution in [1.82, 2.24) is 0 Å². The number of aryl methyl sites for hydroxylation is 2. The summed E-state index contributed by atoms with van der Waals surface area (Å²) in [6, 6.07) is 17.7. The molecule has 0 aliphatic rings. The Kier molecular flexibility index (Phi) is 7.86. The van der Waals surface area contributed by atoms with Crippen LogP contribution in [-0.2, 0) is 4.79 Å². The van der Waals surface area contributed by atoms with E-state index in [0.717, 1.165) is 22.4 Å². The Labute approximate surface area is 193 Å². The lowest BCUT2D eigenvalue weighted by molar-refractivity contribution is -0.128. The van der Waals surface area contributed by atoms with Crippen LogP contribution in [0.5, 0.6) is 17.2 Å². The zero-order valence-corrected chi connectivity index (χ0v) is 19.2. The standard InChI is InChI=1S/C27H27NO5/c1-5-32-24-14-8-20(17-25(24)31-4)9-15-26(29)33-22-12-10-21(11-13-22)27(30)28-23-16-18(2)6-7-19(23)3/h6-17H,5H2,1-4H3,(H,28,30)/b15-9+. The van der Waals surface area contributed by atoms with Gasteiger partial charge in [-0.25, -0.2) is 4.79 Å². The molecule has 6 nitrogen and oxygen atoms in total. The van der Waals surface area contributed by atoms with Crippen LogP contribution in [0, 0.1) is 13.8 Å². The smallest absolute Gasteiger partial charge is 0.336 e. The van der Waals surface area contributed by atoms with Crippen molar-refractivity contribution in [2.24, 2.45) is 0 Å². The van der Waals surface area contributed by atoms with E-state index >= 15 is 0 Å². The lowest BCUT2D eigenvalue weighted by Gasteiger charge is -2.10. The monoisotopic (exact) mass is 445 g/mol. The first-order valence-electron chi connectivity index (χ1n) is 10.6. The summed E-state index contributed by atoms with van der Waals surface area (Å²) in [6.45, 7) is 6.34. The number of rotatable bonds is 8. The highest BCUT2D eigenvalue weighted by molar-refractivity contribution is 6.04. The zero-order valence-electron chi connectivity index (χ0n) is 19.2. The Morgan fingerprint density at radius 2 is 1.70 bits per heavy atom. The van der Waals surface area contributed by atoms with Crippen molar-refractivity contribution in [2.75, 3.05) is 19.0 Å². The van der Waals surface area contributed by atoms with Crippen molar-refractivity contribution < 1.29 is 23.8 Å². The number of amides is 1. The third-order valence-corrected chi connectivity index (χ3v) is 4.88. The molecular weight excluding hydrogens is 418 g/mol. The van der Waals surface area contributed by atoms with E-state index in [4.69, 9.17) is 14.2 Å². The van der Waals surface area contributed by atoms with Crippen LogP contribution in [0.3, 0.4) is 0 Å². The van der Waals surface area contributed by atoms with E-state index in [1.807, 2.05) is 45.0 Å². The Morgan fingerprint density at radius 1 is 0.939 bits per heavy atom. The van der Waals surface area contributed by atoms with Crippen molar-refractivity contribution in [3.05, 3.63) is 89.0 Å². The van der Waals surface area contributed by atoms with E-state index in [0.29, 0.717) is 29.4 Å². The van der Waals surface area contributed by atoms with Crippen molar-refractivity contribution in [3.8, 4) is 17.2 Å². The highest BCUT2D eigenvalue weighted by atomic mass is 16.5. The van der Waals surface area contributed by atoms with Crippen LogP contribution >= 0.6 is 0 Å². The molecule has 0 aromatic heterocycles. The van der Waals surface area contributed by atoms with Gasteiger partial charge in [0.15, 0.2) is 11.5 Å². The van der Waals surface area contributed by atoms with Gasteiger partial charge in [-0.3, -0.25) is 4.79 Å². The third-order valence-electron chi connectivity index (χ3n) is 4.88. The van der Waals surface area contributed by atoms with Crippen LogP contribution < -0.4 is 19.5 Å². The molecule has 0 saturated carbocycles. The molecule has 3 aromatic rings. The molecule has 0 saturated heterocycles. The molecule has 0 unspecified atom stereocenters. The number of nitrogens with one attached hydrogen (secondary N) is 1. The molecule has 1 N–H and O–H groups in total. The molecule has 6 heteroatoms. The first kappa shape index (κ1) is 23.6. The molecule has 0 aliphatic heterocycles. The molecule has 3 rings (SSSR count). The van der Waals surface area contributed by atoms with Crippen molar-refractivity contribution in [3.63, 3.8) is 0 Å². The van der Waals surface area contributed by atoms with Crippen molar-refractivity contribution >= 4 is 23.6 Å². The predicted octanol–water partition coefficient (Wildman–Crippen LogP) is 5.58. The minimum Gasteiger partial charge on any atom is -0.493 e. The Hall–Kier alpha value is -4.06. The van der Waals surface area contributed by atoms with Gasteiger partial charge >= 0.3 is 5.97 Å². The fraction of sp³-hybridized carbons (Fsp3) is 0.185. The van der Waals surface area contributed by atoms with Gasteiger partial charge in [-0.15, -0.1) is 0 Å². The predicted molar refractivity (Wildman–Crippen MR) is 129 cm³/mol. The van der Waals surface area contributed by atoms with Gasteiger partial charge in [0, 0.05) is 17.3 Å². The fourth-order valence-corrected chi connectivity index (χ4v) is 3.12. The van der Waals surface area contributed by atoms with Gasteiger partial charge in [0.05, 0.1) is 13.7 Å². The second-order valence-corrected chi connectivity index (χ2v) is 7.39. The number of carbonyl (C=O) groups is 2. The number of ether oxygens (including phenoxy) is 3. The van der Waals surface area contributed by atoms with Crippen LogP contribution in [0.4, 0.5) is 5.69 Å². The Balaban J connectivity index is 1.60. The van der Waals surface area contributed by atoms with E-state index < -0.39 is 5.97 Å². The summed E-state index contributed by atoms with van der Waals surface area (Å²) in [5.41, 5.74) is 4.05. The first-order chi connectivity index (χ1) is 15.9. The Morgan fingerprint density at radius 3 is 2.39 bits per heavy atom. The number of hydrogen-bond acceptors (Lipinski definition) is 5. The molecule has 0 heterocycles. The molecule has 0 atom stereocenters. The lowest BCUT2D eigenvalue weighted by atomic mass is 10.1. The average molecular weight is 446 g/mol. The van der Waals surface area contributed by atoms with E-state index in [1.54, 1.807) is 49.6 Å². The van der Waals surface area contributed by atoms with Gasteiger partial charge in [-0.2, -0.15) is 0 Å². The largest absolute Gasteiger partial charge is 0.493 e. The summed E-state index contributed by atoms with van der Waals surface area (Å²) in [7, 11) is 1.56. The van der Waals surface area contributed by atoms with Gasteiger partial charge in [0.1, 0.15) is 5.75 Å². The number of methoxy groups -OCH3 is 1. The molecule has 0 bridgehead atoms. The Bertz CT molecular complexity index is 1170. The van der Waals surface area contributed by atoms with Gasteiger partial charge in [0.2, 0.25) is 0 Å². The van der Waals surface area contributed by atoms with Crippen molar-refractivity contribution in [1.29, 1.82) is 0 Å². The van der Waals surface area contributed by atoms with E-state index in [-0.39, 0.29) is 5.91 Å². The normalized spacial score (nSPS) is 10.7. The molecule has 3 aromatic carbocycles. The van der Waals surface area contributed by atoms with Crippen LogP contribution in [0.1, 0.15) is 34.0 Å². The highest BCUT2D eigenvalue weighted by Gasteiger charge is 2.09. The van der Waals surface area contributed by atoms with Crippen LogP contribution in [0.15, 0.2) is 66.7 Å². The maximum atomic E-state index is 12.5. The van der Waals surface area contributed by atoms with E-state index in [9.17, 15) is 9.59 Å². The van der Waals surface area contributed by atoms with Crippen molar-refractivity contribution in [2.45, 2.75) is 20.8 Å². The second-order valence-electron chi connectivity index (χ2n) is 7.39.